The van der Waals surface area contributed by atoms with Crippen molar-refractivity contribution in [1.82, 2.24) is 0 Å². The lowest BCUT2D eigenvalue weighted by Gasteiger charge is -2.28. The van der Waals surface area contributed by atoms with Crippen molar-refractivity contribution in [2.24, 2.45) is 0 Å². The molecule has 2 rings (SSSR count). The molecule has 0 spiro atoms. The quantitative estimate of drug-likeness (QED) is 0.856. The maximum absolute atomic E-state index is 6.06. The van der Waals surface area contributed by atoms with Crippen LogP contribution in [0.3, 0.4) is 0 Å². The first-order valence-electron chi connectivity index (χ1n) is 5.89. The van der Waals surface area contributed by atoms with Crippen molar-refractivity contribution in [2.75, 3.05) is 17.7 Å². The zero-order valence-electron chi connectivity index (χ0n) is 10.6. The maximum Gasteiger partial charge on any atom is 0.0741 e. The number of thiophene rings is 1. The number of nitrogens with zero attached hydrogens (tertiary/aromatic N) is 1. The van der Waals surface area contributed by atoms with Gasteiger partial charge in [0.1, 0.15) is 0 Å². The second-order valence-corrected chi connectivity index (χ2v) is 5.86. The Labute approximate surface area is 117 Å². The highest BCUT2D eigenvalue weighted by Crippen LogP contribution is 2.31. The Balaban J connectivity index is 2.15. The van der Waals surface area contributed by atoms with Crippen LogP contribution in [0.2, 0.25) is 5.02 Å². The Morgan fingerprint density at radius 2 is 2.11 bits per heavy atom. The number of nitrogens with two attached hydrogens (primary N) is 1. The van der Waals surface area contributed by atoms with Gasteiger partial charge in [-0.1, -0.05) is 23.7 Å². The summed E-state index contributed by atoms with van der Waals surface area (Å²) < 4.78 is 0. The molecular formula is C14H17ClN2S. The van der Waals surface area contributed by atoms with Crippen molar-refractivity contribution < 1.29 is 0 Å². The molecule has 0 amide bonds. The summed E-state index contributed by atoms with van der Waals surface area (Å²) in [5.74, 6) is 0. The van der Waals surface area contributed by atoms with Crippen LogP contribution in [0.1, 0.15) is 11.8 Å². The van der Waals surface area contributed by atoms with Crippen LogP contribution in [0.4, 0.5) is 11.4 Å². The van der Waals surface area contributed by atoms with E-state index in [0.29, 0.717) is 16.8 Å². The fourth-order valence-corrected chi connectivity index (χ4v) is 2.92. The SMILES string of the molecule is CC(Cc1cccs1)N(C)c1cccc(Cl)c1N. The summed E-state index contributed by atoms with van der Waals surface area (Å²) >= 11 is 7.84. The van der Waals surface area contributed by atoms with Gasteiger partial charge in [-0.3, -0.25) is 0 Å². The largest absolute Gasteiger partial charge is 0.396 e. The summed E-state index contributed by atoms with van der Waals surface area (Å²) in [5.41, 5.74) is 7.67. The standard InChI is InChI=1S/C14H17ClN2S/c1-10(9-11-5-4-8-18-11)17(2)13-7-3-6-12(15)14(13)16/h3-8,10H,9,16H2,1-2H3. The first-order chi connectivity index (χ1) is 8.59. The van der Waals surface area contributed by atoms with Gasteiger partial charge in [-0.15, -0.1) is 11.3 Å². The number of hydrogen-bond acceptors (Lipinski definition) is 3. The predicted molar refractivity (Wildman–Crippen MR) is 81.8 cm³/mol. The summed E-state index contributed by atoms with van der Waals surface area (Å²) in [6.45, 7) is 2.19. The minimum atomic E-state index is 0.379. The summed E-state index contributed by atoms with van der Waals surface area (Å²) in [5, 5.41) is 2.72. The Morgan fingerprint density at radius 3 is 2.78 bits per heavy atom. The van der Waals surface area contributed by atoms with E-state index in [0.717, 1.165) is 12.1 Å². The minimum absolute atomic E-state index is 0.379. The number of nitrogen functional groups attached to an aromatic ring is 1. The monoisotopic (exact) mass is 280 g/mol. The van der Waals surface area contributed by atoms with E-state index in [9.17, 15) is 0 Å². The lowest BCUT2D eigenvalue weighted by atomic mass is 10.1. The lowest BCUT2D eigenvalue weighted by molar-refractivity contribution is 0.689. The van der Waals surface area contributed by atoms with Gasteiger partial charge in [0.25, 0.3) is 0 Å². The van der Waals surface area contributed by atoms with E-state index in [4.69, 9.17) is 17.3 Å². The number of benzene rings is 1. The Morgan fingerprint density at radius 1 is 1.33 bits per heavy atom. The summed E-state index contributed by atoms with van der Waals surface area (Å²) in [6, 6.07) is 10.4. The van der Waals surface area contributed by atoms with Gasteiger partial charge in [-0.05, 0) is 30.5 Å². The molecule has 0 bridgehead atoms. The van der Waals surface area contributed by atoms with Crippen molar-refractivity contribution in [1.29, 1.82) is 0 Å². The van der Waals surface area contributed by atoms with Gasteiger partial charge < -0.3 is 10.6 Å². The number of halogens is 1. The van der Waals surface area contributed by atoms with E-state index in [1.165, 1.54) is 4.88 Å². The predicted octanol–water partition coefficient (Wildman–Crippen LogP) is 4.05. The third-order valence-electron chi connectivity index (χ3n) is 3.15. The van der Waals surface area contributed by atoms with E-state index >= 15 is 0 Å². The van der Waals surface area contributed by atoms with Crippen LogP contribution in [0.15, 0.2) is 35.7 Å². The van der Waals surface area contributed by atoms with Gasteiger partial charge in [-0.25, -0.2) is 0 Å². The number of likely N-dealkylation sites (N-methyl/N-ethyl adjacent to an activating group) is 1. The van der Waals surface area contributed by atoms with Crippen molar-refractivity contribution in [3.63, 3.8) is 0 Å². The minimum Gasteiger partial charge on any atom is -0.396 e. The molecule has 1 atom stereocenters. The first-order valence-corrected chi connectivity index (χ1v) is 7.14. The molecule has 0 saturated carbocycles. The van der Waals surface area contributed by atoms with Crippen molar-refractivity contribution in [2.45, 2.75) is 19.4 Å². The molecule has 18 heavy (non-hydrogen) atoms. The molecule has 2 nitrogen and oxygen atoms in total. The van der Waals surface area contributed by atoms with E-state index in [1.54, 1.807) is 11.3 Å². The van der Waals surface area contributed by atoms with Crippen LogP contribution in [-0.2, 0) is 6.42 Å². The van der Waals surface area contributed by atoms with Gasteiger partial charge in [0.05, 0.1) is 16.4 Å². The normalized spacial score (nSPS) is 12.4. The van der Waals surface area contributed by atoms with E-state index in [2.05, 4.69) is 36.4 Å². The molecule has 2 aromatic rings. The molecule has 0 aliphatic rings. The highest BCUT2D eigenvalue weighted by Gasteiger charge is 2.14. The van der Waals surface area contributed by atoms with Gasteiger partial charge in [0.2, 0.25) is 0 Å². The molecule has 0 fully saturated rings. The lowest BCUT2D eigenvalue weighted by Crippen LogP contribution is -2.31. The molecule has 0 aliphatic heterocycles. The second kappa shape index (κ2) is 5.63. The molecule has 1 heterocycles. The fourth-order valence-electron chi connectivity index (χ4n) is 1.93. The maximum atomic E-state index is 6.06. The van der Waals surface area contributed by atoms with Crippen molar-refractivity contribution >= 4 is 34.3 Å². The average Bonchev–Trinajstić information content (AvgIpc) is 2.84. The second-order valence-electron chi connectivity index (χ2n) is 4.42. The molecule has 0 saturated heterocycles. The average molecular weight is 281 g/mol. The van der Waals surface area contributed by atoms with Crippen molar-refractivity contribution in [3.8, 4) is 0 Å². The molecule has 0 radical (unpaired) electrons. The van der Waals surface area contributed by atoms with Crippen LogP contribution in [-0.4, -0.2) is 13.1 Å². The number of anilines is 2. The van der Waals surface area contributed by atoms with Crippen molar-refractivity contribution in [3.05, 3.63) is 45.6 Å². The Hall–Kier alpha value is -1.19. The Kier molecular flexibility index (Phi) is 4.15. The molecule has 2 N–H and O–H groups in total. The first kappa shape index (κ1) is 13.2. The van der Waals surface area contributed by atoms with Gasteiger partial charge >= 0.3 is 0 Å². The smallest absolute Gasteiger partial charge is 0.0741 e. The number of para-hydroxylation sites is 1. The van der Waals surface area contributed by atoms with Gasteiger partial charge in [-0.2, -0.15) is 0 Å². The van der Waals surface area contributed by atoms with Crippen LogP contribution in [0.25, 0.3) is 0 Å². The van der Waals surface area contributed by atoms with Crippen LogP contribution in [0, 0.1) is 0 Å². The third-order valence-corrected chi connectivity index (χ3v) is 4.38. The molecule has 1 aromatic heterocycles. The summed E-state index contributed by atoms with van der Waals surface area (Å²) in [4.78, 5) is 3.57. The zero-order valence-corrected chi connectivity index (χ0v) is 12.1. The summed E-state index contributed by atoms with van der Waals surface area (Å²) in [6.07, 6.45) is 1.01. The molecule has 96 valence electrons. The van der Waals surface area contributed by atoms with Gasteiger partial charge in [0, 0.05) is 24.4 Å². The molecule has 1 aromatic carbocycles. The van der Waals surface area contributed by atoms with E-state index in [-0.39, 0.29) is 0 Å². The zero-order chi connectivity index (χ0) is 13.1. The highest BCUT2D eigenvalue weighted by atomic mass is 35.5. The van der Waals surface area contributed by atoms with Crippen LogP contribution < -0.4 is 10.6 Å². The number of rotatable bonds is 4. The van der Waals surface area contributed by atoms with Crippen LogP contribution in [0.5, 0.6) is 0 Å². The van der Waals surface area contributed by atoms with Crippen LogP contribution >= 0.6 is 22.9 Å². The molecule has 4 heteroatoms. The van der Waals surface area contributed by atoms with E-state index < -0.39 is 0 Å². The molecule has 0 aliphatic carbocycles. The summed E-state index contributed by atoms with van der Waals surface area (Å²) in [7, 11) is 2.06. The van der Waals surface area contributed by atoms with Gasteiger partial charge in [0.15, 0.2) is 0 Å². The number of hydrogen-bond donors (Lipinski definition) is 1. The Bertz CT molecular complexity index is 511. The highest BCUT2D eigenvalue weighted by molar-refractivity contribution is 7.09. The fraction of sp³-hybridized carbons (Fsp3) is 0.286. The topological polar surface area (TPSA) is 29.3 Å². The molecular weight excluding hydrogens is 264 g/mol. The van der Waals surface area contributed by atoms with E-state index in [1.807, 2.05) is 18.2 Å². The molecule has 1 unspecified atom stereocenters. The third kappa shape index (κ3) is 2.79.